The van der Waals surface area contributed by atoms with Gasteiger partial charge in [-0.05, 0) is 67.1 Å². The largest absolute Gasteiger partial charge is 0.494 e. The van der Waals surface area contributed by atoms with Crippen molar-refractivity contribution < 1.29 is 14.2 Å². The Morgan fingerprint density at radius 3 is 2.47 bits per heavy atom. The molecule has 2 unspecified atom stereocenters. The van der Waals surface area contributed by atoms with Crippen molar-refractivity contribution >= 4 is 5.71 Å². The van der Waals surface area contributed by atoms with Crippen molar-refractivity contribution in [3.05, 3.63) is 102 Å². The average Bonchev–Trinajstić information content (AvgIpc) is 3.29. The normalized spacial score (nSPS) is 18.8. The smallest absolute Gasteiger partial charge is 0.213 e. The fourth-order valence-corrected chi connectivity index (χ4v) is 4.22. The minimum Gasteiger partial charge on any atom is -0.494 e. The highest BCUT2D eigenvalue weighted by Gasteiger charge is 2.40. The van der Waals surface area contributed by atoms with Crippen LogP contribution in [0, 0.1) is 0 Å². The Balaban J connectivity index is 1.47. The van der Waals surface area contributed by atoms with Crippen LogP contribution in [0.1, 0.15) is 42.3 Å². The molecule has 0 bridgehead atoms. The van der Waals surface area contributed by atoms with E-state index in [1.807, 2.05) is 43.3 Å². The first-order valence-corrected chi connectivity index (χ1v) is 10.9. The molecule has 5 rings (SSSR count). The molecule has 2 aliphatic heterocycles. The SMILES string of the molecule is C=CCOc1ccc(C2=NN3C(C2)c2ccccc2OC3c2ccc(OCC)cc2)cc1. The van der Waals surface area contributed by atoms with Gasteiger partial charge in [-0.25, -0.2) is 5.01 Å². The van der Waals surface area contributed by atoms with Crippen LogP contribution >= 0.6 is 0 Å². The standard InChI is InChI=1S/C27H26N2O3/c1-3-17-31-22-13-9-19(10-14-22)24-18-25-23-7-5-6-8-26(23)32-27(29(25)28-24)20-11-15-21(16-12-20)30-4-2/h3,5-16,25,27H,1,4,17-18H2,2H3. The Labute approximate surface area is 188 Å². The van der Waals surface area contributed by atoms with E-state index in [0.29, 0.717) is 13.2 Å². The molecule has 2 atom stereocenters. The average molecular weight is 427 g/mol. The number of rotatable bonds is 7. The van der Waals surface area contributed by atoms with Crippen LogP contribution in [-0.4, -0.2) is 23.9 Å². The second kappa shape index (κ2) is 8.79. The van der Waals surface area contributed by atoms with Crippen molar-refractivity contribution in [3.63, 3.8) is 0 Å². The molecule has 0 saturated heterocycles. The van der Waals surface area contributed by atoms with Crippen LogP contribution in [0.2, 0.25) is 0 Å². The highest BCUT2D eigenvalue weighted by atomic mass is 16.5. The molecule has 0 N–H and O–H groups in total. The molecule has 0 saturated carbocycles. The lowest BCUT2D eigenvalue weighted by Crippen LogP contribution is -2.33. The van der Waals surface area contributed by atoms with E-state index in [2.05, 4.69) is 48.0 Å². The molecular formula is C27H26N2O3. The van der Waals surface area contributed by atoms with Crippen LogP contribution in [-0.2, 0) is 0 Å². The van der Waals surface area contributed by atoms with Crippen molar-refractivity contribution in [1.82, 2.24) is 5.01 Å². The van der Waals surface area contributed by atoms with Gasteiger partial charge in [-0.2, -0.15) is 5.10 Å². The third-order valence-electron chi connectivity index (χ3n) is 5.73. The summed E-state index contributed by atoms with van der Waals surface area (Å²) in [5, 5.41) is 7.12. The second-order valence-electron chi connectivity index (χ2n) is 7.78. The van der Waals surface area contributed by atoms with Gasteiger partial charge < -0.3 is 14.2 Å². The molecule has 2 aliphatic rings. The fraction of sp³-hybridized carbons (Fsp3) is 0.222. The Kier molecular flexibility index (Phi) is 5.55. The second-order valence-corrected chi connectivity index (χ2v) is 7.78. The Bertz CT molecular complexity index is 1120. The molecule has 0 radical (unpaired) electrons. The van der Waals surface area contributed by atoms with Gasteiger partial charge in [-0.1, -0.05) is 30.9 Å². The molecule has 2 heterocycles. The number of benzene rings is 3. The Hall–Kier alpha value is -3.73. The maximum atomic E-state index is 6.43. The number of ether oxygens (including phenoxy) is 3. The van der Waals surface area contributed by atoms with Gasteiger partial charge in [-0.15, -0.1) is 0 Å². The summed E-state index contributed by atoms with van der Waals surface area (Å²) in [6, 6.07) is 24.5. The summed E-state index contributed by atoms with van der Waals surface area (Å²) in [5.74, 6) is 2.59. The molecular weight excluding hydrogens is 400 g/mol. The minimum atomic E-state index is -0.293. The predicted octanol–water partition coefficient (Wildman–Crippen LogP) is 5.89. The highest BCUT2D eigenvalue weighted by Crippen LogP contribution is 2.47. The van der Waals surface area contributed by atoms with Crippen molar-refractivity contribution in [2.45, 2.75) is 25.6 Å². The van der Waals surface area contributed by atoms with E-state index in [-0.39, 0.29) is 12.3 Å². The van der Waals surface area contributed by atoms with Gasteiger partial charge >= 0.3 is 0 Å². The van der Waals surface area contributed by atoms with Crippen molar-refractivity contribution in [2.24, 2.45) is 5.10 Å². The molecule has 0 amide bonds. The molecule has 3 aromatic carbocycles. The van der Waals surface area contributed by atoms with Gasteiger partial charge in [0.05, 0.1) is 18.4 Å². The monoisotopic (exact) mass is 426 g/mol. The van der Waals surface area contributed by atoms with Crippen LogP contribution in [0.25, 0.3) is 0 Å². The molecule has 0 aromatic heterocycles. The van der Waals surface area contributed by atoms with Gasteiger partial charge in [0.15, 0.2) is 0 Å². The van der Waals surface area contributed by atoms with Crippen molar-refractivity contribution in [2.75, 3.05) is 13.2 Å². The maximum absolute atomic E-state index is 6.43. The summed E-state index contributed by atoms with van der Waals surface area (Å²) in [5.41, 5.74) is 4.35. The van der Waals surface area contributed by atoms with Gasteiger partial charge in [-0.3, -0.25) is 0 Å². The number of nitrogens with zero attached hydrogens (tertiary/aromatic N) is 2. The fourth-order valence-electron chi connectivity index (χ4n) is 4.22. The van der Waals surface area contributed by atoms with Crippen LogP contribution in [0.15, 0.2) is 90.6 Å². The maximum Gasteiger partial charge on any atom is 0.213 e. The highest BCUT2D eigenvalue weighted by molar-refractivity contribution is 6.02. The number of hydrogen-bond acceptors (Lipinski definition) is 5. The number of hydrogen-bond donors (Lipinski definition) is 0. The summed E-state index contributed by atoms with van der Waals surface area (Å²) in [7, 11) is 0. The lowest BCUT2D eigenvalue weighted by atomic mass is 9.96. The molecule has 32 heavy (non-hydrogen) atoms. The van der Waals surface area contributed by atoms with Crippen LogP contribution in [0.4, 0.5) is 0 Å². The van der Waals surface area contributed by atoms with E-state index in [0.717, 1.165) is 40.5 Å². The third-order valence-corrected chi connectivity index (χ3v) is 5.73. The van der Waals surface area contributed by atoms with E-state index < -0.39 is 0 Å². The summed E-state index contributed by atoms with van der Waals surface area (Å²) < 4.78 is 17.6. The van der Waals surface area contributed by atoms with Gasteiger partial charge in [0.1, 0.15) is 23.9 Å². The van der Waals surface area contributed by atoms with Gasteiger partial charge in [0.25, 0.3) is 0 Å². The zero-order valence-corrected chi connectivity index (χ0v) is 18.1. The van der Waals surface area contributed by atoms with Crippen LogP contribution in [0.3, 0.4) is 0 Å². The quantitative estimate of drug-likeness (QED) is 0.442. The van der Waals surface area contributed by atoms with Crippen LogP contribution < -0.4 is 14.2 Å². The number of para-hydroxylation sites is 1. The molecule has 0 aliphatic carbocycles. The lowest BCUT2D eigenvalue weighted by Gasteiger charge is -2.38. The molecule has 5 heteroatoms. The van der Waals surface area contributed by atoms with Crippen LogP contribution in [0.5, 0.6) is 17.2 Å². The van der Waals surface area contributed by atoms with Gasteiger partial charge in [0, 0.05) is 17.5 Å². The van der Waals surface area contributed by atoms with E-state index in [1.54, 1.807) is 6.08 Å². The molecule has 5 nitrogen and oxygen atoms in total. The predicted molar refractivity (Wildman–Crippen MR) is 125 cm³/mol. The summed E-state index contributed by atoms with van der Waals surface area (Å²) >= 11 is 0. The first kappa shape index (κ1) is 20.2. The molecule has 162 valence electrons. The summed E-state index contributed by atoms with van der Waals surface area (Å²) in [6.07, 6.45) is 2.27. The van der Waals surface area contributed by atoms with E-state index >= 15 is 0 Å². The lowest BCUT2D eigenvalue weighted by molar-refractivity contribution is -0.0190. The number of hydrazone groups is 1. The number of fused-ring (bicyclic) bond motifs is 3. The van der Waals surface area contributed by atoms with Crippen molar-refractivity contribution in [1.29, 1.82) is 0 Å². The molecule has 3 aromatic rings. The minimum absolute atomic E-state index is 0.128. The summed E-state index contributed by atoms with van der Waals surface area (Å²) in [4.78, 5) is 0. The van der Waals surface area contributed by atoms with Crippen molar-refractivity contribution in [3.8, 4) is 17.2 Å². The topological polar surface area (TPSA) is 43.3 Å². The zero-order valence-electron chi connectivity index (χ0n) is 18.1. The Morgan fingerprint density at radius 2 is 1.72 bits per heavy atom. The molecule has 0 fully saturated rings. The summed E-state index contributed by atoms with van der Waals surface area (Å²) in [6.45, 7) is 6.82. The zero-order chi connectivity index (χ0) is 21.9. The molecule has 0 spiro atoms. The van der Waals surface area contributed by atoms with E-state index in [9.17, 15) is 0 Å². The Morgan fingerprint density at radius 1 is 1.00 bits per heavy atom. The third kappa shape index (κ3) is 3.82. The van der Waals surface area contributed by atoms with Gasteiger partial charge in [0.2, 0.25) is 6.23 Å². The first-order valence-electron chi connectivity index (χ1n) is 10.9. The van der Waals surface area contributed by atoms with E-state index in [1.165, 1.54) is 5.56 Å². The van der Waals surface area contributed by atoms with E-state index in [4.69, 9.17) is 19.3 Å². The first-order chi connectivity index (χ1) is 15.8.